The average molecular weight is 322 g/mol. The van der Waals surface area contributed by atoms with Gasteiger partial charge in [0.15, 0.2) is 0 Å². The predicted molar refractivity (Wildman–Crippen MR) is 95.9 cm³/mol. The van der Waals surface area contributed by atoms with Gasteiger partial charge in [0.25, 0.3) is 0 Å². The largest absolute Gasteiger partial charge is 0.393 e. The summed E-state index contributed by atoms with van der Waals surface area (Å²) in [6.45, 7) is 15.4. The van der Waals surface area contributed by atoms with E-state index < -0.39 is 0 Å². The van der Waals surface area contributed by atoms with Gasteiger partial charge in [-0.05, 0) is 50.4 Å². The number of allylic oxidation sites excluding steroid dienone is 2. The van der Waals surface area contributed by atoms with Gasteiger partial charge in [-0.2, -0.15) is 0 Å². The summed E-state index contributed by atoms with van der Waals surface area (Å²) in [5, 5.41) is 0. The number of hydrogen-bond donors (Lipinski definition) is 0. The molecule has 0 fully saturated rings. The van der Waals surface area contributed by atoms with Crippen molar-refractivity contribution in [3.63, 3.8) is 0 Å². The smallest absolute Gasteiger partial charge is 0.316 e. The van der Waals surface area contributed by atoms with Crippen LogP contribution in [0, 0.1) is 23.7 Å². The molecule has 2 atom stereocenters. The lowest BCUT2D eigenvalue weighted by atomic mass is 9.89. The minimum Gasteiger partial charge on any atom is -0.393 e. The number of esters is 2. The predicted octanol–water partition coefficient (Wildman–Crippen LogP) is 5.31. The van der Waals surface area contributed by atoms with E-state index in [1.807, 2.05) is 39.8 Å². The Balaban J connectivity index is 4.68. The zero-order chi connectivity index (χ0) is 17.8. The molecular formula is C20H34O3. The van der Waals surface area contributed by atoms with Gasteiger partial charge in [0.05, 0.1) is 11.8 Å². The van der Waals surface area contributed by atoms with Crippen molar-refractivity contribution in [1.29, 1.82) is 0 Å². The standard InChI is InChI=1S/C20H34O3/c1-7-9-11-13-17(15(3)4)19(21)23-20(22)18(16(5)6)14-12-10-8-2/h7-8,15-18H,1-2,9-14H2,3-6H3. The first-order chi connectivity index (χ1) is 10.8. The van der Waals surface area contributed by atoms with Crippen LogP contribution in [0.5, 0.6) is 0 Å². The van der Waals surface area contributed by atoms with Gasteiger partial charge < -0.3 is 4.74 Å². The Morgan fingerprint density at radius 2 is 1.17 bits per heavy atom. The second kappa shape index (κ2) is 12.1. The summed E-state index contributed by atoms with van der Waals surface area (Å²) in [4.78, 5) is 24.7. The topological polar surface area (TPSA) is 43.4 Å². The van der Waals surface area contributed by atoms with E-state index in [9.17, 15) is 9.59 Å². The van der Waals surface area contributed by atoms with Crippen molar-refractivity contribution in [2.45, 2.75) is 66.2 Å². The molecule has 0 rings (SSSR count). The van der Waals surface area contributed by atoms with E-state index in [1.165, 1.54) is 0 Å². The Morgan fingerprint density at radius 3 is 1.43 bits per heavy atom. The van der Waals surface area contributed by atoms with Crippen LogP contribution in [-0.4, -0.2) is 11.9 Å². The highest BCUT2D eigenvalue weighted by atomic mass is 16.6. The Kier molecular flexibility index (Phi) is 11.4. The van der Waals surface area contributed by atoms with Crippen molar-refractivity contribution in [3.8, 4) is 0 Å². The van der Waals surface area contributed by atoms with Crippen LogP contribution < -0.4 is 0 Å². The van der Waals surface area contributed by atoms with Gasteiger partial charge in [0.1, 0.15) is 0 Å². The van der Waals surface area contributed by atoms with Crippen LogP contribution in [0.25, 0.3) is 0 Å². The lowest BCUT2D eigenvalue weighted by Gasteiger charge is -2.22. The fraction of sp³-hybridized carbons (Fsp3) is 0.700. The van der Waals surface area contributed by atoms with Crippen LogP contribution in [0.15, 0.2) is 25.3 Å². The Labute approximate surface area is 142 Å². The molecule has 0 aliphatic heterocycles. The highest BCUT2D eigenvalue weighted by Crippen LogP contribution is 2.24. The van der Waals surface area contributed by atoms with Crippen molar-refractivity contribution in [2.75, 3.05) is 0 Å². The van der Waals surface area contributed by atoms with Crippen molar-refractivity contribution < 1.29 is 14.3 Å². The van der Waals surface area contributed by atoms with Gasteiger partial charge in [-0.15, -0.1) is 13.2 Å². The third kappa shape index (κ3) is 8.73. The molecule has 0 heterocycles. The first kappa shape index (κ1) is 21.6. The maximum Gasteiger partial charge on any atom is 0.316 e. The number of ether oxygens (including phenoxy) is 1. The van der Waals surface area contributed by atoms with Gasteiger partial charge in [-0.1, -0.05) is 39.8 Å². The second-order valence-corrected chi connectivity index (χ2v) is 6.88. The summed E-state index contributed by atoms with van der Waals surface area (Å²) in [5.41, 5.74) is 0. The highest BCUT2D eigenvalue weighted by Gasteiger charge is 2.30. The molecule has 0 aromatic heterocycles. The third-order valence-electron chi connectivity index (χ3n) is 4.26. The van der Waals surface area contributed by atoms with Crippen molar-refractivity contribution in [2.24, 2.45) is 23.7 Å². The van der Waals surface area contributed by atoms with Gasteiger partial charge >= 0.3 is 11.9 Å². The zero-order valence-electron chi connectivity index (χ0n) is 15.3. The number of rotatable bonds is 12. The second-order valence-electron chi connectivity index (χ2n) is 6.88. The van der Waals surface area contributed by atoms with Gasteiger partial charge in [-0.25, -0.2) is 0 Å². The van der Waals surface area contributed by atoms with E-state index in [1.54, 1.807) is 0 Å². The number of carbonyl (C=O) groups is 2. The summed E-state index contributed by atoms with van der Waals surface area (Å²) < 4.78 is 5.23. The fourth-order valence-electron chi connectivity index (χ4n) is 2.66. The van der Waals surface area contributed by atoms with E-state index in [4.69, 9.17) is 4.74 Å². The van der Waals surface area contributed by atoms with Gasteiger partial charge in [-0.3, -0.25) is 9.59 Å². The Morgan fingerprint density at radius 1 is 0.826 bits per heavy atom. The first-order valence-electron chi connectivity index (χ1n) is 8.82. The molecule has 0 amide bonds. The Hall–Kier alpha value is -1.38. The lowest BCUT2D eigenvalue weighted by Crippen LogP contribution is -2.30. The normalized spacial score (nSPS) is 13.7. The number of carbonyl (C=O) groups excluding carboxylic acids is 2. The van der Waals surface area contributed by atoms with Crippen LogP contribution in [0.2, 0.25) is 0 Å². The SMILES string of the molecule is C=CCCCC(C(=O)OC(=O)C(CCCC=C)C(C)C)C(C)C. The number of hydrogen-bond acceptors (Lipinski definition) is 3. The third-order valence-corrected chi connectivity index (χ3v) is 4.26. The summed E-state index contributed by atoms with van der Waals surface area (Å²) >= 11 is 0. The van der Waals surface area contributed by atoms with Gasteiger partial charge in [0.2, 0.25) is 0 Å². The first-order valence-corrected chi connectivity index (χ1v) is 8.82. The van der Waals surface area contributed by atoms with Crippen LogP contribution >= 0.6 is 0 Å². The molecule has 0 radical (unpaired) electrons. The van der Waals surface area contributed by atoms with E-state index in [2.05, 4.69) is 13.2 Å². The Bertz CT molecular complexity index is 346. The summed E-state index contributed by atoms with van der Waals surface area (Å²) in [6, 6.07) is 0. The summed E-state index contributed by atoms with van der Waals surface area (Å²) in [7, 11) is 0. The monoisotopic (exact) mass is 322 g/mol. The maximum absolute atomic E-state index is 12.4. The quantitative estimate of drug-likeness (QED) is 0.211. The van der Waals surface area contributed by atoms with E-state index in [-0.39, 0.29) is 35.6 Å². The molecule has 0 spiro atoms. The molecule has 132 valence electrons. The van der Waals surface area contributed by atoms with E-state index >= 15 is 0 Å². The fourth-order valence-corrected chi connectivity index (χ4v) is 2.66. The molecule has 23 heavy (non-hydrogen) atoms. The van der Waals surface area contributed by atoms with Crippen molar-refractivity contribution in [1.82, 2.24) is 0 Å². The van der Waals surface area contributed by atoms with E-state index in [0.717, 1.165) is 38.5 Å². The molecule has 0 saturated heterocycles. The highest BCUT2D eigenvalue weighted by molar-refractivity contribution is 5.88. The average Bonchev–Trinajstić information content (AvgIpc) is 2.46. The van der Waals surface area contributed by atoms with Crippen molar-refractivity contribution in [3.05, 3.63) is 25.3 Å². The summed E-state index contributed by atoms with van der Waals surface area (Å²) in [6.07, 6.45) is 8.70. The molecular weight excluding hydrogens is 288 g/mol. The molecule has 0 aliphatic carbocycles. The molecule has 0 aliphatic rings. The van der Waals surface area contributed by atoms with Crippen LogP contribution in [-0.2, 0) is 14.3 Å². The molecule has 3 nitrogen and oxygen atoms in total. The summed E-state index contributed by atoms with van der Waals surface area (Å²) in [5.74, 6) is -0.858. The molecule has 2 unspecified atom stereocenters. The molecule has 3 heteroatoms. The van der Waals surface area contributed by atoms with Crippen LogP contribution in [0.3, 0.4) is 0 Å². The molecule has 0 bridgehead atoms. The van der Waals surface area contributed by atoms with E-state index in [0.29, 0.717) is 0 Å². The van der Waals surface area contributed by atoms with Gasteiger partial charge in [0, 0.05) is 0 Å². The lowest BCUT2D eigenvalue weighted by molar-refractivity contribution is -0.167. The minimum absolute atomic E-state index is 0.165. The van der Waals surface area contributed by atoms with Crippen molar-refractivity contribution >= 4 is 11.9 Å². The molecule has 0 aromatic carbocycles. The maximum atomic E-state index is 12.4. The minimum atomic E-state index is -0.372. The van der Waals surface area contributed by atoms with Crippen LogP contribution in [0.1, 0.15) is 66.2 Å². The molecule has 0 aromatic rings. The molecule has 0 saturated carbocycles. The molecule has 0 N–H and O–H groups in total. The number of unbranched alkanes of at least 4 members (excludes halogenated alkanes) is 2. The van der Waals surface area contributed by atoms with Crippen LogP contribution in [0.4, 0.5) is 0 Å². The zero-order valence-corrected chi connectivity index (χ0v) is 15.3.